The van der Waals surface area contributed by atoms with E-state index in [-0.39, 0.29) is 0 Å². The molecular weight excluding hydrogens is 278 g/mol. The van der Waals surface area contributed by atoms with E-state index in [0.717, 1.165) is 6.07 Å². The number of nitrogens with one attached hydrogen (secondary N) is 1. The molecule has 0 unspecified atom stereocenters. The number of halogens is 4. The van der Waals surface area contributed by atoms with Crippen molar-refractivity contribution in [1.82, 2.24) is 0 Å². The Bertz CT molecular complexity index is 486. The molecule has 18 heavy (non-hydrogen) atoms. The second-order valence-electron chi connectivity index (χ2n) is 3.28. The molecule has 9 heteroatoms. The number of anilines is 1. The molecule has 0 spiro atoms. The van der Waals surface area contributed by atoms with Crippen molar-refractivity contribution < 1.29 is 32.3 Å². The molecule has 4 nitrogen and oxygen atoms in total. The summed E-state index contributed by atoms with van der Waals surface area (Å²) in [4.78, 5) is 22.1. The molecule has 0 saturated heterocycles. The quantitative estimate of drug-likeness (QED) is 0.836. The van der Waals surface area contributed by atoms with Gasteiger partial charge in [-0.2, -0.15) is 8.78 Å². The fourth-order valence-electron chi connectivity index (χ4n) is 1.05. The Hall–Kier alpha value is -1.64. The van der Waals surface area contributed by atoms with E-state index >= 15 is 0 Å². The molecule has 1 aromatic heterocycles. The zero-order valence-electron chi connectivity index (χ0n) is 8.84. The summed E-state index contributed by atoms with van der Waals surface area (Å²) in [6.45, 7) is 1.48. The smallest absolute Gasteiger partial charge is 0.383 e. The molecule has 0 atom stereocenters. The van der Waals surface area contributed by atoms with Crippen molar-refractivity contribution in [2.24, 2.45) is 0 Å². The Balaban J connectivity index is 2.99. The first-order chi connectivity index (χ1) is 8.16. The van der Waals surface area contributed by atoms with Gasteiger partial charge < -0.3 is 10.4 Å². The minimum atomic E-state index is -4.87. The summed E-state index contributed by atoms with van der Waals surface area (Å²) in [5, 5.41) is 9.83. The number of carbonyl (C=O) groups is 2. The van der Waals surface area contributed by atoms with Crippen LogP contribution in [0.5, 0.6) is 0 Å². The van der Waals surface area contributed by atoms with Crippen molar-refractivity contribution in [2.75, 3.05) is 5.32 Å². The van der Waals surface area contributed by atoms with Crippen LogP contribution >= 0.6 is 11.3 Å². The third-order valence-corrected chi connectivity index (χ3v) is 2.86. The zero-order chi connectivity index (χ0) is 14.1. The van der Waals surface area contributed by atoms with Gasteiger partial charge in [0.2, 0.25) is 0 Å². The van der Waals surface area contributed by atoms with E-state index < -0.39 is 34.8 Å². The molecule has 0 saturated carbocycles. The highest BCUT2D eigenvalue weighted by Crippen LogP contribution is 2.30. The van der Waals surface area contributed by atoms with Crippen molar-refractivity contribution in [3.05, 3.63) is 16.5 Å². The van der Waals surface area contributed by atoms with E-state index in [1.165, 1.54) is 12.2 Å². The number of hydrogen-bond donors (Lipinski definition) is 2. The van der Waals surface area contributed by atoms with Crippen LogP contribution in [0.25, 0.3) is 0 Å². The summed E-state index contributed by atoms with van der Waals surface area (Å²) in [6, 6.07) is 1.14. The van der Waals surface area contributed by atoms with Gasteiger partial charge in [-0.3, -0.25) is 4.79 Å². The molecule has 0 radical (unpaired) electrons. The number of carbonyl (C=O) groups excluding carboxylic acids is 1. The number of aromatic carboxylic acids is 1. The Morgan fingerprint density at radius 3 is 2.44 bits per heavy atom. The second kappa shape index (κ2) is 4.92. The van der Waals surface area contributed by atoms with Gasteiger partial charge in [-0.15, -0.1) is 11.3 Å². The van der Waals surface area contributed by atoms with Gasteiger partial charge in [-0.1, -0.05) is 0 Å². The molecule has 100 valence electrons. The van der Waals surface area contributed by atoms with Crippen molar-refractivity contribution in [3.63, 3.8) is 0 Å². The highest BCUT2D eigenvalue weighted by molar-refractivity contribution is 7.16. The summed E-state index contributed by atoms with van der Waals surface area (Å²) in [5.74, 6) is -8.55. The van der Waals surface area contributed by atoms with E-state index in [9.17, 15) is 27.2 Å². The molecule has 1 rings (SSSR count). The third kappa shape index (κ3) is 2.78. The maximum absolute atomic E-state index is 12.7. The predicted octanol–water partition coefficient (Wildman–Crippen LogP) is 2.59. The Morgan fingerprint density at radius 2 is 2.00 bits per heavy atom. The highest BCUT2D eigenvalue weighted by Gasteiger charge is 2.49. The molecule has 0 aliphatic rings. The van der Waals surface area contributed by atoms with E-state index in [4.69, 9.17) is 5.11 Å². The van der Waals surface area contributed by atoms with Crippen LogP contribution in [0.3, 0.4) is 0 Å². The fourth-order valence-corrected chi connectivity index (χ4v) is 1.95. The number of carboxylic acid groups (broad SMARTS) is 1. The highest BCUT2D eigenvalue weighted by atomic mass is 32.1. The average Bonchev–Trinajstić information content (AvgIpc) is 2.59. The molecule has 1 heterocycles. The topological polar surface area (TPSA) is 66.4 Å². The third-order valence-electron chi connectivity index (χ3n) is 1.89. The summed E-state index contributed by atoms with van der Waals surface area (Å²) in [7, 11) is 0. The van der Waals surface area contributed by atoms with Gasteiger partial charge in [0, 0.05) is 4.88 Å². The SMILES string of the molecule is Cc1cc(C(=O)O)c(NC(=O)C(F)(F)C(F)F)s1. The van der Waals surface area contributed by atoms with Gasteiger partial charge in [0.1, 0.15) is 5.00 Å². The van der Waals surface area contributed by atoms with Gasteiger partial charge in [-0.25, -0.2) is 13.6 Å². The number of alkyl halides is 4. The monoisotopic (exact) mass is 285 g/mol. The Kier molecular flexibility index (Phi) is 3.95. The molecule has 2 N–H and O–H groups in total. The van der Waals surface area contributed by atoms with Crippen molar-refractivity contribution in [3.8, 4) is 0 Å². The van der Waals surface area contributed by atoms with Crippen LogP contribution in [-0.4, -0.2) is 29.3 Å². The van der Waals surface area contributed by atoms with Gasteiger partial charge in [-0.05, 0) is 13.0 Å². The van der Waals surface area contributed by atoms with Gasteiger partial charge in [0.05, 0.1) is 5.56 Å². The minimum Gasteiger partial charge on any atom is -0.478 e. The van der Waals surface area contributed by atoms with Crippen LogP contribution in [0.1, 0.15) is 15.2 Å². The average molecular weight is 285 g/mol. The Labute approximate surface area is 102 Å². The van der Waals surface area contributed by atoms with E-state index in [1.54, 1.807) is 0 Å². The van der Waals surface area contributed by atoms with E-state index in [2.05, 4.69) is 0 Å². The first-order valence-corrected chi connectivity index (χ1v) is 5.29. The van der Waals surface area contributed by atoms with E-state index in [0.29, 0.717) is 16.2 Å². The summed E-state index contributed by atoms with van der Waals surface area (Å²) < 4.78 is 49.1. The number of amides is 1. The largest absolute Gasteiger partial charge is 0.478 e. The predicted molar refractivity (Wildman–Crippen MR) is 55.6 cm³/mol. The lowest BCUT2D eigenvalue weighted by atomic mass is 10.3. The molecular formula is C9H7F4NO3S. The van der Waals surface area contributed by atoms with Crippen LogP contribution < -0.4 is 5.32 Å². The first kappa shape index (κ1) is 14.4. The van der Waals surface area contributed by atoms with Crippen LogP contribution in [0, 0.1) is 6.92 Å². The van der Waals surface area contributed by atoms with Gasteiger partial charge in [0.15, 0.2) is 0 Å². The Morgan fingerprint density at radius 1 is 1.44 bits per heavy atom. The molecule has 0 fully saturated rings. The van der Waals surface area contributed by atoms with Gasteiger partial charge in [0.25, 0.3) is 0 Å². The number of thiophene rings is 1. The number of hydrogen-bond acceptors (Lipinski definition) is 3. The van der Waals surface area contributed by atoms with Crippen LogP contribution in [0.4, 0.5) is 22.6 Å². The van der Waals surface area contributed by atoms with E-state index in [1.807, 2.05) is 0 Å². The summed E-state index contributed by atoms with van der Waals surface area (Å²) in [6.07, 6.45) is -4.16. The lowest BCUT2D eigenvalue weighted by molar-refractivity contribution is -0.163. The molecule has 0 bridgehead atoms. The lowest BCUT2D eigenvalue weighted by Gasteiger charge is -2.14. The molecule has 1 amide bonds. The molecule has 0 aliphatic carbocycles. The molecule has 0 aliphatic heterocycles. The zero-order valence-corrected chi connectivity index (χ0v) is 9.66. The van der Waals surface area contributed by atoms with Crippen molar-refractivity contribution in [1.29, 1.82) is 0 Å². The number of aryl methyl sites for hydroxylation is 1. The number of rotatable bonds is 4. The van der Waals surface area contributed by atoms with Gasteiger partial charge >= 0.3 is 24.2 Å². The minimum absolute atomic E-state index is 0.398. The first-order valence-electron chi connectivity index (χ1n) is 4.47. The van der Waals surface area contributed by atoms with Crippen molar-refractivity contribution in [2.45, 2.75) is 19.3 Å². The summed E-state index contributed by atoms with van der Waals surface area (Å²) in [5.41, 5.74) is -0.420. The van der Waals surface area contributed by atoms with Crippen LogP contribution in [0.15, 0.2) is 6.07 Å². The van der Waals surface area contributed by atoms with Crippen LogP contribution in [0.2, 0.25) is 0 Å². The van der Waals surface area contributed by atoms with Crippen molar-refractivity contribution >= 4 is 28.2 Å². The summed E-state index contributed by atoms with van der Waals surface area (Å²) >= 11 is 0.708. The molecule has 0 aromatic carbocycles. The standard InChI is InChI=1S/C9H7F4NO3S/c1-3-2-4(6(15)16)5(18-3)14-8(17)9(12,13)7(10)11/h2,7H,1H3,(H,14,17)(H,15,16). The maximum atomic E-state index is 12.7. The van der Waals surface area contributed by atoms with Crippen LogP contribution in [-0.2, 0) is 4.79 Å². The maximum Gasteiger partial charge on any atom is 0.383 e. The lowest BCUT2D eigenvalue weighted by Crippen LogP contribution is -2.41. The fraction of sp³-hybridized carbons (Fsp3) is 0.333. The number of carboxylic acids is 1. The normalized spacial score (nSPS) is 11.7. The molecule has 1 aromatic rings. The second-order valence-corrected chi connectivity index (χ2v) is 4.54.